The minimum absolute atomic E-state index is 0.147. The highest BCUT2D eigenvalue weighted by atomic mass is 32.2. The Labute approximate surface area is 107 Å². The highest BCUT2D eigenvalue weighted by molar-refractivity contribution is 7.99. The van der Waals surface area contributed by atoms with Crippen LogP contribution in [-0.4, -0.2) is 22.5 Å². The van der Waals surface area contributed by atoms with E-state index in [0.717, 1.165) is 17.8 Å². The van der Waals surface area contributed by atoms with Gasteiger partial charge in [0, 0.05) is 12.2 Å². The van der Waals surface area contributed by atoms with Crippen molar-refractivity contribution in [2.75, 3.05) is 12.4 Å². The summed E-state index contributed by atoms with van der Waals surface area (Å²) in [5.41, 5.74) is -0.706. The fraction of sp³-hybridized carbons (Fsp3) is 0.545. The van der Waals surface area contributed by atoms with Gasteiger partial charge in [-0.1, -0.05) is 6.92 Å². The summed E-state index contributed by atoms with van der Waals surface area (Å²) >= 11 is 1.14. The Balaban J connectivity index is 3.11. The Morgan fingerprint density at radius 1 is 1.39 bits per heavy atom. The van der Waals surface area contributed by atoms with Gasteiger partial charge in [0.1, 0.15) is 10.7 Å². The first kappa shape index (κ1) is 15.3. The topological polar surface area (TPSA) is 42.4 Å². The maximum absolute atomic E-state index is 12.5. The van der Waals surface area contributed by atoms with Gasteiger partial charge in [-0.15, -0.1) is 11.8 Å². The van der Waals surface area contributed by atoms with Crippen LogP contribution < -0.4 is 0 Å². The lowest BCUT2D eigenvalue weighted by Crippen LogP contribution is -2.12. The summed E-state index contributed by atoms with van der Waals surface area (Å²) in [5, 5.41) is 9.81. The van der Waals surface area contributed by atoms with Crippen LogP contribution in [0.5, 0.6) is 0 Å². The number of alkyl halides is 3. The van der Waals surface area contributed by atoms with E-state index in [1.807, 2.05) is 0 Å². The fourth-order valence-electron chi connectivity index (χ4n) is 1.30. The molecule has 0 aliphatic carbocycles. The molecule has 0 aromatic carbocycles. The van der Waals surface area contributed by atoms with Crippen LogP contribution in [0.25, 0.3) is 0 Å². The number of hydrogen-bond acceptors (Lipinski definition) is 4. The predicted molar refractivity (Wildman–Crippen MR) is 62.2 cm³/mol. The molecule has 102 valence electrons. The lowest BCUT2D eigenvalue weighted by molar-refractivity contribution is -0.142. The molecular weight excluding hydrogens is 267 g/mol. The van der Waals surface area contributed by atoms with Gasteiger partial charge >= 0.3 is 6.18 Å². The maximum Gasteiger partial charge on any atom is 0.433 e. The molecule has 0 amide bonds. The van der Waals surface area contributed by atoms with E-state index in [4.69, 9.17) is 4.74 Å². The predicted octanol–water partition coefficient (Wildman–Crippen LogP) is 3.24. The number of rotatable bonds is 5. The van der Waals surface area contributed by atoms with Gasteiger partial charge in [-0.05, 0) is 24.8 Å². The third-order valence-corrected chi connectivity index (χ3v) is 2.94. The molecule has 18 heavy (non-hydrogen) atoms. The number of halogens is 3. The Morgan fingerprint density at radius 2 is 2.06 bits per heavy atom. The molecule has 0 bridgehead atoms. The van der Waals surface area contributed by atoms with E-state index < -0.39 is 18.2 Å². The van der Waals surface area contributed by atoms with E-state index in [-0.39, 0.29) is 17.2 Å². The number of pyridine rings is 1. The van der Waals surface area contributed by atoms with Gasteiger partial charge in [-0.3, -0.25) is 0 Å². The summed E-state index contributed by atoms with van der Waals surface area (Å²) in [6.07, 6.45) is -5.74. The smallest absolute Gasteiger partial charge is 0.364 e. The van der Waals surface area contributed by atoms with Crippen LogP contribution in [0.3, 0.4) is 0 Å². The van der Waals surface area contributed by atoms with Crippen molar-refractivity contribution in [2.45, 2.75) is 31.3 Å². The van der Waals surface area contributed by atoms with Crippen molar-refractivity contribution < 1.29 is 23.0 Å². The molecular formula is C11H14F3NO2S. The van der Waals surface area contributed by atoms with Crippen LogP contribution in [0.1, 0.15) is 31.4 Å². The molecule has 1 unspecified atom stereocenters. The summed E-state index contributed by atoms with van der Waals surface area (Å²) in [6, 6.07) is 2.05. The molecule has 0 radical (unpaired) electrons. The Hall–Kier alpha value is -0.790. The van der Waals surface area contributed by atoms with Crippen LogP contribution in [0, 0.1) is 0 Å². The first-order valence-electron chi connectivity index (χ1n) is 5.40. The third kappa shape index (κ3) is 3.86. The molecule has 1 heterocycles. The van der Waals surface area contributed by atoms with Gasteiger partial charge in [0.2, 0.25) is 0 Å². The second-order valence-corrected chi connectivity index (χ2v) is 4.58. The number of nitrogens with zero attached hydrogens (tertiary/aromatic N) is 1. The number of hydrogen-bond donors (Lipinski definition) is 1. The highest BCUT2D eigenvalue weighted by Crippen LogP contribution is 2.33. The summed E-state index contributed by atoms with van der Waals surface area (Å²) in [4.78, 5) is 3.53. The summed E-state index contributed by atoms with van der Waals surface area (Å²) in [6.45, 7) is 3.75. The summed E-state index contributed by atoms with van der Waals surface area (Å²) < 4.78 is 42.5. The van der Waals surface area contributed by atoms with Crippen LogP contribution in [-0.2, 0) is 10.9 Å². The van der Waals surface area contributed by atoms with Gasteiger partial charge in [-0.2, -0.15) is 13.2 Å². The van der Waals surface area contributed by atoms with Gasteiger partial charge in [0.05, 0.1) is 0 Å². The third-order valence-electron chi connectivity index (χ3n) is 2.05. The Kier molecular flexibility index (Phi) is 5.43. The zero-order valence-corrected chi connectivity index (χ0v) is 10.8. The largest absolute Gasteiger partial charge is 0.433 e. The molecule has 0 saturated carbocycles. The lowest BCUT2D eigenvalue weighted by Gasteiger charge is -2.15. The maximum atomic E-state index is 12.5. The molecule has 1 aromatic heterocycles. The van der Waals surface area contributed by atoms with Crippen molar-refractivity contribution in [1.29, 1.82) is 0 Å². The van der Waals surface area contributed by atoms with Crippen LogP contribution >= 0.6 is 11.8 Å². The van der Waals surface area contributed by atoms with Gasteiger partial charge in [-0.25, -0.2) is 4.98 Å². The van der Waals surface area contributed by atoms with Crippen molar-refractivity contribution in [1.82, 2.24) is 4.98 Å². The number of aliphatic hydroxyl groups excluding tert-OH is 1. The minimum atomic E-state index is -4.49. The molecule has 1 aromatic rings. The Bertz CT molecular complexity index is 398. The average Bonchev–Trinajstić information content (AvgIpc) is 2.28. The molecule has 0 aliphatic heterocycles. The molecule has 7 heteroatoms. The SMILES string of the molecule is CCOC(O)c1ccc(C(F)(F)F)nc1SCC. The first-order chi connectivity index (χ1) is 8.40. The second-order valence-electron chi connectivity index (χ2n) is 3.33. The second kappa shape index (κ2) is 6.40. The van der Waals surface area contributed by atoms with E-state index in [0.29, 0.717) is 5.75 Å². The summed E-state index contributed by atoms with van der Waals surface area (Å²) in [7, 11) is 0. The van der Waals surface area contributed by atoms with E-state index in [1.54, 1.807) is 13.8 Å². The van der Waals surface area contributed by atoms with E-state index in [2.05, 4.69) is 4.98 Å². The van der Waals surface area contributed by atoms with Crippen molar-refractivity contribution in [3.63, 3.8) is 0 Å². The zero-order valence-electron chi connectivity index (χ0n) is 9.99. The molecule has 3 nitrogen and oxygen atoms in total. The molecule has 1 rings (SSSR count). The Morgan fingerprint density at radius 3 is 2.56 bits per heavy atom. The van der Waals surface area contributed by atoms with Crippen LogP contribution in [0.4, 0.5) is 13.2 Å². The number of thioether (sulfide) groups is 1. The monoisotopic (exact) mass is 281 g/mol. The number of ether oxygens (including phenoxy) is 1. The number of aliphatic hydroxyl groups is 1. The summed E-state index contributed by atoms with van der Waals surface area (Å²) in [5.74, 6) is 0.556. The first-order valence-corrected chi connectivity index (χ1v) is 6.39. The molecule has 0 saturated heterocycles. The van der Waals surface area contributed by atoms with E-state index >= 15 is 0 Å². The molecule has 0 spiro atoms. The number of aromatic nitrogens is 1. The van der Waals surface area contributed by atoms with Gasteiger partial charge in [0.15, 0.2) is 6.29 Å². The van der Waals surface area contributed by atoms with Crippen molar-refractivity contribution in [3.05, 3.63) is 23.4 Å². The van der Waals surface area contributed by atoms with Gasteiger partial charge in [0.25, 0.3) is 0 Å². The quantitative estimate of drug-likeness (QED) is 0.664. The molecule has 1 atom stereocenters. The van der Waals surface area contributed by atoms with Crippen LogP contribution in [0.2, 0.25) is 0 Å². The van der Waals surface area contributed by atoms with Crippen molar-refractivity contribution in [2.24, 2.45) is 0 Å². The molecule has 1 N–H and O–H groups in total. The fourth-order valence-corrected chi connectivity index (χ4v) is 2.07. The zero-order chi connectivity index (χ0) is 13.8. The van der Waals surface area contributed by atoms with Gasteiger partial charge < -0.3 is 9.84 Å². The normalized spacial score (nSPS) is 13.7. The average molecular weight is 281 g/mol. The molecule has 0 fully saturated rings. The lowest BCUT2D eigenvalue weighted by atomic mass is 10.2. The van der Waals surface area contributed by atoms with Crippen LogP contribution in [0.15, 0.2) is 17.2 Å². The van der Waals surface area contributed by atoms with Crippen molar-refractivity contribution in [3.8, 4) is 0 Å². The van der Waals surface area contributed by atoms with E-state index in [1.165, 1.54) is 6.07 Å². The minimum Gasteiger partial charge on any atom is -0.364 e. The van der Waals surface area contributed by atoms with Crippen molar-refractivity contribution >= 4 is 11.8 Å². The standard InChI is InChI=1S/C11H14F3NO2S/c1-3-17-10(16)7-5-6-8(11(12,13)14)15-9(7)18-4-2/h5-6,10,16H,3-4H2,1-2H3. The van der Waals surface area contributed by atoms with E-state index in [9.17, 15) is 18.3 Å². The highest BCUT2D eigenvalue weighted by Gasteiger charge is 2.33. The molecule has 0 aliphatic rings.